The van der Waals surface area contributed by atoms with E-state index in [1.165, 1.54) is 0 Å². The van der Waals surface area contributed by atoms with Gasteiger partial charge in [-0.2, -0.15) is 0 Å². The Morgan fingerprint density at radius 3 is 3.05 bits per heavy atom. The highest BCUT2D eigenvalue weighted by Gasteiger charge is 2.30. The summed E-state index contributed by atoms with van der Waals surface area (Å²) in [6.45, 7) is 7.77. The lowest BCUT2D eigenvalue weighted by Crippen LogP contribution is -2.42. The lowest BCUT2D eigenvalue weighted by Gasteiger charge is -2.27. The first-order valence-corrected chi connectivity index (χ1v) is 7.59. The molecule has 1 saturated heterocycles. The first kappa shape index (κ1) is 14.8. The second-order valence-corrected chi connectivity index (χ2v) is 5.68. The molecule has 1 aliphatic rings. The van der Waals surface area contributed by atoms with Crippen molar-refractivity contribution < 1.29 is 4.79 Å². The number of carbonyl (C=O) groups excluding carboxylic acids is 1. The SMILES string of the molecule is CC[C@@H](C)C(=O)N1CCC[C@H]1CNc1cccc(C)n1. The Hall–Kier alpha value is -1.58. The fourth-order valence-electron chi connectivity index (χ4n) is 2.66. The minimum Gasteiger partial charge on any atom is -0.368 e. The quantitative estimate of drug-likeness (QED) is 0.898. The van der Waals surface area contributed by atoms with Crippen molar-refractivity contribution >= 4 is 11.7 Å². The van der Waals surface area contributed by atoms with Crippen molar-refractivity contribution in [3.05, 3.63) is 23.9 Å². The molecular weight excluding hydrogens is 250 g/mol. The average Bonchev–Trinajstić information content (AvgIpc) is 2.92. The van der Waals surface area contributed by atoms with Crippen LogP contribution in [-0.2, 0) is 4.79 Å². The predicted octanol–water partition coefficient (Wildman–Crippen LogP) is 2.84. The van der Waals surface area contributed by atoms with E-state index in [0.717, 1.165) is 43.9 Å². The van der Waals surface area contributed by atoms with E-state index in [0.29, 0.717) is 11.9 Å². The van der Waals surface area contributed by atoms with Crippen molar-refractivity contribution in [1.82, 2.24) is 9.88 Å². The third kappa shape index (κ3) is 3.50. The molecule has 0 unspecified atom stereocenters. The number of aromatic nitrogens is 1. The van der Waals surface area contributed by atoms with Crippen molar-refractivity contribution in [2.24, 2.45) is 5.92 Å². The fourth-order valence-corrected chi connectivity index (χ4v) is 2.66. The summed E-state index contributed by atoms with van der Waals surface area (Å²) in [5.74, 6) is 1.33. The number of nitrogens with one attached hydrogen (secondary N) is 1. The number of amides is 1. The third-order valence-electron chi connectivity index (χ3n) is 4.10. The zero-order chi connectivity index (χ0) is 14.5. The molecule has 0 aromatic carbocycles. The topological polar surface area (TPSA) is 45.2 Å². The Kier molecular flexibility index (Phi) is 4.99. The zero-order valence-corrected chi connectivity index (χ0v) is 12.7. The van der Waals surface area contributed by atoms with Gasteiger partial charge in [0.25, 0.3) is 0 Å². The maximum absolute atomic E-state index is 12.3. The molecule has 20 heavy (non-hydrogen) atoms. The van der Waals surface area contributed by atoms with Crippen LogP contribution in [0.25, 0.3) is 0 Å². The molecule has 1 fully saturated rings. The number of hydrogen-bond acceptors (Lipinski definition) is 3. The van der Waals surface area contributed by atoms with Crippen LogP contribution < -0.4 is 5.32 Å². The summed E-state index contributed by atoms with van der Waals surface area (Å²) in [7, 11) is 0. The van der Waals surface area contributed by atoms with Crippen molar-refractivity contribution in [3.63, 3.8) is 0 Å². The normalized spacial score (nSPS) is 19.9. The molecule has 4 heteroatoms. The lowest BCUT2D eigenvalue weighted by molar-refractivity contribution is -0.135. The van der Waals surface area contributed by atoms with Crippen LogP contribution in [0.3, 0.4) is 0 Å². The van der Waals surface area contributed by atoms with Gasteiger partial charge in [0.05, 0.1) is 0 Å². The van der Waals surface area contributed by atoms with E-state index in [-0.39, 0.29) is 5.92 Å². The molecule has 0 saturated carbocycles. The minimum atomic E-state index is 0.132. The summed E-state index contributed by atoms with van der Waals surface area (Å²) in [5, 5.41) is 3.36. The highest BCUT2D eigenvalue weighted by atomic mass is 16.2. The van der Waals surface area contributed by atoms with E-state index in [4.69, 9.17) is 0 Å². The number of anilines is 1. The molecule has 1 N–H and O–H groups in total. The highest BCUT2D eigenvalue weighted by molar-refractivity contribution is 5.79. The van der Waals surface area contributed by atoms with Gasteiger partial charge in [0.15, 0.2) is 0 Å². The Labute approximate surface area is 121 Å². The number of rotatable bonds is 5. The molecule has 0 spiro atoms. The number of aryl methyl sites for hydroxylation is 1. The van der Waals surface area contributed by atoms with Crippen LogP contribution >= 0.6 is 0 Å². The Bertz CT molecular complexity index is 461. The van der Waals surface area contributed by atoms with Crippen LogP contribution in [0.5, 0.6) is 0 Å². The molecule has 0 radical (unpaired) electrons. The van der Waals surface area contributed by atoms with Crippen LogP contribution in [0.1, 0.15) is 38.8 Å². The van der Waals surface area contributed by atoms with Gasteiger partial charge in [0.1, 0.15) is 5.82 Å². The molecule has 2 atom stereocenters. The lowest BCUT2D eigenvalue weighted by atomic mass is 10.1. The van der Waals surface area contributed by atoms with Gasteiger partial charge in [-0.15, -0.1) is 0 Å². The number of likely N-dealkylation sites (tertiary alicyclic amines) is 1. The van der Waals surface area contributed by atoms with Gasteiger partial charge in [0, 0.05) is 30.7 Å². The maximum atomic E-state index is 12.3. The first-order valence-electron chi connectivity index (χ1n) is 7.59. The van der Waals surface area contributed by atoms with Gasteiger partial charge in [-0.1, -0.05) is 19.9 Å². The molecule has 1 aromatic heterocycles. The Morgan fingerprint density at radius 1 is 1.55 bits per heavy atom. The monoisotopic (exact) mass is 275 g/mol. The Balaban J connectivity index is 1.93. The van der Waals surface area contributed by atoms with Crippen LogP contribution in [0.15, 0.2) is 18.2 Å². The standard InChI is InChI=1S/C16H25N3O/c1-4-12(2)16(20)19-10-6-8-14(19)11-17-15-9-5-7-13(3)18-15/h5,7,9,12,14H,4,6,8,10-11H2,1-3H3,(H,17,18)/t12-,14+/m1/s1. The van der Waals surface area contributed by atoms with Gasteiger partial charge in [0.2, 0.25) is 5.91 Å². The molecule has 1 aliphatic heterocycles. The van der Waals surface area contributed by atoms with Gasteiger partial charge in [-0.25, -0.2) is 4.98 Å². The van der Waals surface area contributed by atoms with Crippen molar-refractivity contribution in [2.45, 2.75) is 46.1 Å². The molecule has 2 rings (SSSR count). The van der Waals surface area contributed by atoms with E-state index >= 15 is 0 Å². The second-order valence-electron chi connectivity index (χ2n) is 5.68. The third-order valence-corrected chi connectivity index (χ3v) is 4.10. The summed E-state index contributed by atoms with van der Waals surface area (Å²) in [4.78, 5) is 18.8. The average molecular weight is 275 g/mol. The first-order chi connectivity index (χ1) is 9.61. The van der Waals surface area contributed by atoms with Gasteiger partial charge < -0.3 is 10.2 Å². The second kappa shape index (κ2) is 6.73. The molecule has 1 amide bonds. The fraction of sp³-hybridized carbons (Fsp3) is 0.625. The van der Waals surface area contributed by atoms with Crippen LogP contribution in [0, 0.1) is 12.8 Å². The highest BCUT2D eigenvalue weighted by Crippen LogP contribution is 2.21. The summed E-state index contributed by atoms with van der Waals surface area (Å²) in [6, 6.07) is 6.27. The summed E-state index contributed by atoms with van der Waals surface area (Å²) in [6.07, 6.45) is 3.10. The summed E-state index contributed by atoms with van der Waals surface area (Å²) in [5.41, 5.74) is 1.01. The molecular formula is C16H25N3O. The van der Waals surface area contributed by atoms with Gasteiger partial charge in [-0.05, 0) is 38.3 Å². The number of pyridine rings is 1. The predicted molar refractivity (Wildman–Crippen MR) is 81.7 cm³/mol. The van der Waals surface area contributed by atoms with E-state index in [1.54, 1.807) is 0 Å². The molecule has 2 heterocycles. The number of nitrogens with zero attached hydrogens (tertiary/aromatic N) is 2. The summed E-state index contributed by atoms with van der Waals surface area (Å²) >= 11 is 0. The van der Waals surface area contributed by atoms with Crippen molar-refractivity contribution in [3.8, 4) is 0 Å². The summed E-state index contributed by atoms with van der Waals surface area (Å²) < 4.78 is 0. The molecule has 4 nitrogen and oxygen atoms in total. The molecule has 1 aromatic rings. The van der Waals surface area contributed by atoms with Crippen molar-refractivity contribution in [2.75, 3.05) is 18.4 Å². The largest absolute Gasteiger partial charge is 0.368 e. The zero-order valence-electron chi connectivity index (χ0n) is 12.7. The van der Waals surface area contributed by atoms with Crippen LogP contribution in [0.4, 0.5) is 5.82 Å². The van der Waals surface area contributed by atoms with Crippen LogP contribution in [-0.4, -0.2) is 34.9 Å². The number of hydrogen-bond donors (Lipinski definition) is 1. The van der Waals surface area contributed by atoms with Gasteiger partial charge in [-0.3, -0.25) is 4.79 Å². The Morgan fingerprint density at radius 2 is 2.35 bits per heavy atom. The van der Waals surface area contributed by atoms with Gasteiger partial charge >= 0.3 is 0 Å². The molecule has 0 bridgehead atoms. The van der Waals surface area contributed by atoms with Crippen LogP contribution in [0.2, 0.25) is 0 Å². The van der Waals surface area contributed by atoms with E-state index in [1.807, 2.05) is 32.0 Å². The van der Waals surface area contributed by atoms with Crippen molar-refractivity contribution in [1.29, 1.82) is 0 Å². The smallest absolute Gasteiger partial charge is 0.225 e. The minimum absolute atomic E-state index is 0.132. The van der Waals surface area contributed by atoms with E-state index in [2.05, 4.69) is 22.1 Å². The maximum Gasteiger partial charge on any atom is 0.225 e. The van der Waals surface area contributed by atoms with E-state index < -0.39 is 0 Å². The molecule has 110 valence electrons. The number of carbonyl (C=O) groups is 1. The molecule has 0 aliphatic carbocycles. The van der Waals surface area contributed by atoms with E-state index in [9.17, 15) is 4.79 Å².